The van der Waals surface area contributed by atoms with Crippen LogP contribution in [0.5, 0.6) is 0 Å². The standard InChI is InChI=1S/C15H30N2O2/c1-6-17(7-2)14(18-15(3,4)5)16-19-13-11-9-8-10-12-13/h13H,6-12H2,1-5H3. The second kappa shape index (κ2) is 7.61. The van der Waals surface area contributed by atoms with Crippen LogP contribution in [-0.2, 0) is 9.57 Å². The number of nitrogens with zero attached hydrogens (tertiary/aromatic N) is 2. The minimum absolute atomic E-state index is 0.253. The maximum atomic E-state index is 5.92. The highest BCUT2D eigenvalue weighted by atomic mass is 16.7. The Labute approximate surface area is 118 Å². The van der Waals surface area contributed by atoms with E-state index in [1.807, 2.05) is 20.8 Å². The summed E-state index contributed by atoms with van der Waals surface area (Å²) in [4.78, 5) is 7.79. The number of oxime groups is 1. The third-order valence-corrected chi connectivity index (χ3v) is 3.26. The molecule has 0 N–H and O–H groups in total. The monoisotopic (exact) mass is 270 g/mol. The van der Waals surface area contributed by atoms with E-state index in [1.165, 1.54) is 19.3 Å². The molecule has 0 aromatic heterocycles. The number of hydrogen-bond donors (Lipinski definition) is 0. The van der Waals surface area contributed by atoms with E-state index in [-0.39, 0.29) is 11.7 Å². The van der Waals surface area contributed by atoms with Gasteiger partial charge in [0.25, 0.3) is 0 Å². The van der Waals surface area contributed by atoms with Crippen LogP contribution in [-0.4, -0.2) is 35.7 Å². The molecule has 0 atom stereocenters. The van der Waals surface area contributed by atoms with Gasteiger partial charge in [-0.25, -0.2) is 0 Å². The molecule has 112 valence electrons. The molecule has 1 fully saturated rings. The van der Waals surface area contributed by atoms with E-state index in [0.717, 1.165) is 25.9 Å². The van der Waals surface area contributed by atoms with Crippen LogP contribution in [0.2, 0.25) is 0 Å². The minimum atomic E-state index is -0.253. The van der Waals surface area contributed by atoms with Crippen LogP contribution in [0.3, 0.4) is 0 Å². The first-order valence-electron chi connectivity index (χ1n) is 7.64. The van der Waals surface area contributed by atoms with Gasteiger partial charge in [0.15, 0.2) is 0 Å². The summed E-state index contributed by atoms with van der Waals surface area (Å²) in [5.41, 5.74) is -0.253. The van der Waals surface area contributed by atoms with Gasteiger partial charge in [-0.2, -0.15) is 0 Å². The number of hydrogen-bond acceptors (Lipinski definition) is 3. The van der Waals surface area contributed by atoms with E-state index >= 15 is 0 Å². The molecule has 0 heterocycles. The summed E-state index contributed by atoms with van der Waals surface area (Å²) in [6.07, 6.45) is 6.32. The summed E-state index contributed by atoms with van der Waals surface area (Å²) in [7, 11) is 0. The lowest BCUT2D eigenvalue weighted by atomic mass is 9.98. The number of rotatable bonds is 4. The Morgan fingerprint density at radius 2 is 1.68 bits per heavy atom. The van der Waals surface area contributed by atoms with Gasteiger partial charge in [-0.05, 0) is 65.5 Å². The summed E-state index contributed by atoms with van der Waals surface area (Å²) in [6, 6.07) is 0.614. The van der Waals surface area contributed by atoms with Gasteiger partial charge in [-0.1, -0.05) is 6.42 Å². The molecule has 0 aliphatic heterocycles. The zero-order valence-electron chi connectivity index (χ0n) is 13.2. The second-order valence-corrected chi connectivity index (χ2v) is 6.13. The molecule has 0 saturated heterocycles. The Bertz CT molecular complexity index is 274. The molecular weight excluding hydrogens is 240 g/mol. The van der Waals surface area contributed by atoms with Crippen LogP contribution in [0, 0.1) is 0 Å². The van der Waals surface area contributed by atoms with Crippen molar-refractivity contribution in [1.82, 2.24) is 4.90 Å². The molecule has 4 heteroatoms. The fourth-order valence-electron chi connectivity index (χ4n) is 2.20. The maximum absolute atomic E-state index is 5.92. The van der Waals surface area contributed by atoms with Crippen molar-refractivity contribution in [2.24, 2.45) is 5.16 Å². The Morgan fingerprint density at radius 3 is 2.16 bits per heavy atom. The largest absolute Gasteiger partial charge is 0.457 e. The van der Waals surface area contributed by atoms with Crippen molar-refractivity contribution < 1.29 is 9.57 Å². The molecule has 1 aliphatic rings. The summed E-state index contributed by atoms with van der Waals surface area (Å²) in [5.74, 6) is 0. The van der Waals surface area contributed by atoms with Crippen molar-refractivity contribution in [2.75, 3.05) is 13.1 Å². The summed E-state index contributed by atoms with van der Waals surface area (Å²) >= 11 is 0. The highest BCUT2D eigenvalue weighted by Gasteiger charge is 2.21. The normalized spacial score (nSPS) is 18.3. The fourth-order valence-corrected chi connectivity index (χ4v) is 2.20. The van der Waals surface area contributed by atoms with Crippen molar-refractivity contribution in [3.63, 3.8) is 0 Å². The van der Waals surface area contributed by atoms with Gasteiger partial charge < -0.3 is 14.5 Å². The van der Waals surface area contributed by atoms with Gasteiger partial charge in [0, 0.05) is 13.1 Å². The van der Waals surface area contributed by atoms with Crippen LogP contribution in [0.1, 0.15) is 66.7 Å². The second-order valence-electron chi connectivity index (χ2n) is 6.13. The van der Waals surface area contributed by atoms with Crippen molar-refractivity contribution in [3.05, 3.63) is 0 Å². The van der Waals surface area contributed by atoms with E-state index in [0.29, 0.717) is 6.02 Å². The summed E-state index contributed by atoms with van der Waals surface area (Å²) in [6.45, 7) is 12.1. The average molecular weight is 270 g/mol. The lowest BCUT2D eigenvalue weighted by Crippen LogP contribution is -2.38. The first-order chi connectivity index (χ1) is 8.96. The average Bonchev–Trinajstić information content (AvgIpc) is 2.37. The molecule has 1 rings (SSSR count). The van der Waals surface area contributed by atoms with E-state index in [4.69, 9.17) is 9.57 Å². The molecule has 0 amide bonds. The molecule has 0 unspecified atom stereocenters. The number of ether oxygens (including phenoxy) is 1. The van der Waals surface area contributed by atoms with Gasteiger partial charge in [0.1, 0.15) is 11.7 Å². The van der Waals surface area contributed by atoms with Gasteiger partial charge in [0.05, 0.1) is 0 Å². The Morgan fingerprint density at radius 1 is 1.11 bits per heavy atom. The fraction of sp³-hybridized carbons (Fsp3) is 0.933. The minimum Gasteiger partial charge on any atom is -0.457 e. The predicted octanol–water partition coefficient (Wildman–Crippen LogP) is 3.76. The molecule has 0 aromatic rings. The molecule has 0 bridgehead atoms. The van der Waals surface area contributed by atoms with Gasteiger partial charge in [-0.15, -0.1) is 0 Å². The van der Waals surface area contributed by atoms with E-state index < -0.39 is 0 Å². The quantitative estimate of drug-likeness (QED) is 0.443. The van der Waals surface area contributed by atoms with Crippen molar-refractivity contribution >= 4 is 6.02 Å². The molecule has 4 nitrogen and oxygen atoms in total. The Balaban J connectivity index is 2.64. The summed E-state index contributed by atoms with van der Waals surface area (Å²) in [5, 5.41) is 4.30. The van der Waals surface area contributed by atoms with Gasteiger partial charge in [0.2, 0.25) is 0 Å². The maximum Gasteiger partial charge on any atom is 0.327 e. The summed E-state index contributed by atoms with van der Waals surface area (Å²) < 4.78 is 5.92. The molecule has 1 saturated carbocycles. The molecular formula is C15H30N2O2. The van der Waals surface area contributed by atoms with Gasteiger partial charge >= 0.3 is 6.02 Å². The zero-order valence-corrected chi connectivity index (χ0v) is 13.2. The zero-order chi connectivity index (χ0) is 14.3. The first-order valence-corrected chi connectivity index (χ1v) is 7.64. The topological polar surface area (TPSA) is 34.1 Å². The van der Waals surface area contributed by atoms with Crippen molar-refractivity contribution in [1.29, 1.82) is 0 Å². The first kappa shape index (κ1) is 16.1. The van der Waals surface area contributed by atoms with E-state index in [9.17, 15) is 0 Å². The highest BCUT2D eigenvalue weighted by Crippen LogP contribution is 2.21. The van der Waals surface area contributed by atoms with Crippen LogP contribution in [0.25, 0.3) is 0 Å². The highest BCUT2D eigenvalue weighted by molar-refractivity contribution is 5.73. The van der Waals surface area contributed by atoms with E-state index in [1.54, 1.807) is 0 Å². The van der Waals surface area contributed by atoms with E-state index in [2.05, 4.69) is 23.9 Å². The Hall–Kier alpha value is -0.930. The molecule has 0 radical (unpaired) electrons. The Kier molecular flexibility index (Phi) is 6.46. The SMILES string of the molecule is CCN(CC)C(=NOC1CCCCC1)OC(C)(C)C. The lowest BCUT2D eigenvalue weighted by molar-refractivity contribution is 0.0107. The van der Waals surface area contributed by atoms with Crippen LogP contribution in [0.4, 0.5) is 0 Å². The van der Waals surface area contributed by atoms with Crippen LogP contribution >= 0.6 is 0 Å². The van der Waals surface area contributed by atoms with Crippen molar-refractivity contribution in [2.45, 2.75) is 78.4 Å². The lowest BCUT2D eigenvalue weighted by Gasteiger charge is -2.29. The smallest absolute Gasteiger partial charge is 0.327 e. The molecule has 19 heavy (non-hydrogen) atoms. The van der Waals surface area contributed by atoms with Crippen LogP contribution < -0.4 is 0 Å². The molecule has 0 spiro atoms. The third-order valence-electron chi connectivity index (χ3n) is 3.26. The van der Waals surface area contributed by atoms with Crippen LogP contribution in [0.15, 0.2) is 5.16 Å². The van der Waals surface area contributed by atoms with Gasteiger partial charge in [-0.3, -0.25) is 0 Å². The number of amidine groups is 1. The van der Waals surface area contributed by atoms with Crippen molar-refractivity contribution in [3.8, 4) is 0 Å². The third kappa shape index (κ3) is 6.17. The predicted molar refractivity (Wildman–Crippen MR) is 79.2 cm³/mol. The molecule has 1 aliphatic carbocycles. The molecule has 0 aromatic carbocycles.